The molecule has 0 saturated carbocycles. The number of nitrogens with one attached hydrogen (secondary N) is 2. The van der Waals surface area contributed by atoms with Gasteiger partial charge in [0.1, 0.15) is 17.3 Å². The van der Waals surface area contributed by atoms with Gasteiger partial charge in [-0.05, 0) is 19.1 Å². The Morgan fingerprint density at radius 1 is 1.27 bits per heavy atom. The summed E-state index contributed by atoms with van der Waals surface area (Å²) in [5, 5.41) is 2.63. The van der Waals surface area contributed by atoms with Crippen LogP contribution in [0.2, 0.25) is 0 Å². The summed E-state index contributed by atoms with van der Waals surface area (Å²) >= 11 is 0. The summed E-state index contributed by atoms with van der Waals surface area (Å²) in [6.07, 6.45) is 1.21. The van der Waals surface area contributed by atoms with Crippen molar-refractivity contribution in [3.05, 3.63) is 74.1 Å². The van der Waals surface area contributed by atoms with Crippen molar-refractivity contribution in [2.24, 2.45) is 7.05 Å². The van der Waals surface area contributed by atoms with E-state index in [9.17, 15) is 23.2 Å². The number of aryl methyl sites for hydroxylation is 1. The lowest BCUT2D eigenvalue weighted by atomic mass is 10.1. The van der Waals surface area contributed by atoms with E-state index < -0.39 is 34.8 Å². The number of fused-ring (bicyclic) bond motifs is 1. The molecule has 2 N–H and O–H groups in total. The first-order valence-electron chi connectivity index (χ1n) is 7.63. The van der Waals surface area contributed by atoms with Gasteiger partial charge in [-0.2, -0.15) is 0 Å². The van der Waals surface area contributed by atoms with Gasteiger partial charge in [0.15, 0.2) is 0 Å². The molecular formula is C17H14F2N4O3. The quantitative estimate of drug-likeness (QED) is 0.738. The van der Waals surface area contributed by atoms with Crippen molar-refractivity contribution >= 4 is 16.9 Å². The molecule has 2 aromatic heterocycles. The molecule has 134 valence electrons. The number of carbonyl (C=O) groups excluding carboxylic acids is 1. The maximum absolute atomic E-state index is 13.8. The normalized spacial score (nSPS) is 12.2. The number of carbonyl (C=O) groups is 1. The molecule has 0 saturated heterocycles. The number of nitrogens with zero attached hydrogens (tertiary/aromatic N) is 2. The van der Waals surface area contributed by atoms with Crippen molar-refractivity contribution in [2.45, 2.75) is 13.0 Å². The first-order valence-corrected chi connectivity index (χ1v) is 7.63. The highest BCUT2D eigenvalue weighted by atomic mass is 19.1. The Balaban J connectivity index is 1.93. The number of amides is 1. The molecule has 1 aromatic carbocycles. The molecule has 0 unspecified atom stereocenters. The summed E-state index contributed by atoms with van der Waals surface area (Å²) in [5.74, 6) is -2.09. The van der Waals surface area contributed by atoms with Crippen molar-refractivity contribution in [1.82, 2.24) is 19.9 Å². The van der Waals surface area contributed by atoms with Gasteiger partial charge < -0.3 is 5.32 Å². The van der Waals surface area contributed by atoms with Crippen LogP contribution < -0.4 is 16.6 Å². The molecule has 1 amide bonds. The molecule has 3 aromatic rings. The van der Waals surface area contributed by atoms with Crippen LogP contribution in [0.15, 0.2) is 40.1 Å². The van der Waals surface area contributed by atoms with Gasteiger partial charge in [0.05, 0.1) is 17.0 Å². The summed E-state index contributed by atoms with van der Waals surface area (Å²) in [5.41, 5.74) is -0.965. The van der Waals surface area contributed by atoms with E-state index in [1.807, 2.05) is 0 Å². The summed E-state index contributed by atoms with van der Waals surface area (Å²) < 4.78 is 28.0. The van der Waals surface area contributed by atoms with Crippen LogP contribution >= 0.6 is 0 Å². The lowest BCUT2D eigenvalue weighted by Gasteiger charge is -2.15. The molecule has 0 aliphatic rings. The molecule has 9 heteroatoms. The second-order valence-electron chi connectivity index (χ2n) is 5.77. The Morgan fingerprint density at radius 3 is 2.69 bits per heavy atom. The number of pyridine rings is 1. The zero-order valence-electron chi connectivity index (χ0n) is 13.8. The number of halogens is 2. The Kier molecular flexibility index (Phi) is 4.37. The van der Waals surface area contributed by atoms with E-state index in [1.165, 1.54) is 25.4 Å². The monoisotopic (exact) mass is 360 g/mol. The van der Waals surface area contributed by atoms with E-state index in [0.717, 1.165) is 16.7 Å². The summed E-state index contributed by atoms with van der Waals surface area (Å²) in [6.45, 7) is 1.54. The summed E-state index contributed by atoms with van der Waals surface area (Å²) in [7, 11) is 1.44. The number of aromatic amines is 1. The molecule has 0 aliphatic heterocycles. The number of H-pyrrole nitrogens is 1. The third-order valence-corrected chi connectivity index (χ3v) is 3.99. The average Bonchev–Trinajstić information content (AvgIpc) is 2.59. The van der Waals surface area contributed by atoms with E-state index >= 15 is 0 Å². The molecule has 0 aliphatic carbocycles. The molecule has 26 heavy (non-hydrogen) atoms. The van der Waals surface area contributed by atoms with Crippen molar-refractivity contribution in [3.8, 4) is 0 Å². The maximum Gasteiger partial charge on any atom is 0.329 e. The zero-order chi connectivity index (χ0) is 19.0. The van der Waals surface area contributed by atoms with Gasteiger partial charge in [-0.15, -0.1) is 0 Å². The number of hydrogen-bond acceptors (Lipinski definition) is 4. The van der Waals surface area contributed by atoms with Crippen LogP contribution in [0.5, 0.6) is 0 Å². The minimum absolute atomic E-state index is 0.0658. The van der Waals surface area contributed by atoms with Gasteiger partial charge in [-0.1, -0.05) is 6.07 Å². The molecule has 0 radical (unpaired) electrons. The second-order valence-corrected chi connectivity index (χ2v) is 5.77. The first kappa shape index (κ1) is 17.5. The van der Waals surface area contributed by atoms with E-state index in [-0.39, 0.29) is 22.2 Å². The van der Waals surface area contributed by atoms with Crippen LogP contribution in [0.3, 0.4) is 0 Å². The second kappa shape index (κ2) is 6.51. The number of rotatable bonds is 3. The van der Waals surface area contributed by atoms with E-state index in [1.54, 1.807) is 6.92 Å². The van der Waals surface area contributed by atoms with Crippen molar-refractivity contribution in [1.29, 1.82) is 0 Å². The SMILES string of the molecule is C[C@H](NC(=O)c1cnc2c(c1)c(=O)[nH]c(=O)n2C)c1ccc(F)cc1F. The molecule has 3 rings (SSSR count). The van der Waals surface area contributed by atoms with Crippen LogP contribution in [0.25, 0.3) is 11.0 Å². The fourth-order valence-corrected chi connectivity index (χ4v) is 2.57. The summed E-state index contributed by atoms with van der Waals surface area (Å²) in [6, 6.07) is 3.63. The Morgan fingerprint density at radius 2 is 2.00 bits per heavy atom. The van der Waals surface area contributed by atoms with Gasteiger partial charge in [0.2, 0.25) is 0 Å². The smallest absolute Gasteiger partial charge is 0.329 e. The van der Waals surface area contributed by atoms with E-state index in [4.69, 9.17) is 0 Å². The highest BCUT2D eigenvalue weighted by Gasteiger charge is 2.17. The fourth-order valence-electron chi connectivity index (χ4n) is 2.57. The molecule has 0 spiro atoms. The highest BCUT2D eigenvalue weighted by molar-refractivity contribution is 5.96. The van der Waals surface area contributed by atoms with Gasteiger partial charge >= 0.3 is 5.69 Å². The standard InChI is InChI=1S/C17H14F2N4O3/c1-8(11-4-3-10(18)6-13(11)19)21-15(24)9-5-12-14(20-7-9)23(2)17(26)22-16(12)25/h3-8H,1-2H3,(H,21,24)(H,22,25,26)/t8-/m0/s1. The van der Waals surface area contributed by atoms with E-state index in [2.05, 4.69) is 15.3 Å². The van der Waals surface area contributed by atoms with E-state index in [0.29, 0.717) is 0 Å². The van der Waals surface area contributed by atoms with Crippen LogP contribution in [0, 0.1) is 11.6 Å². The minimum Gasteiger partial charge on any atom is -0.345 e. The molecule has 0 bridgehead atoms. The number of aromatic nitrogens is 3. The van der Waals surface area contributed by atoms with Crippen molar-refractivity contribution in [2.75, 3.05) is 0 Å². The lowest BCUT2D eigenvalue weighted by molar-refractivity contribution is 0.0939. The number of benzene rings is 1. The Hall–Kier alpha value is -3.36. The van der Waals surface area contributed by atoms with Gasteiger partial charge in [-0.3, -0.25) is 19.1 Å². The van der Waals surface area contributed by atoms with Crippen molar-refractivity contribution in [3.63, 3.8) is 0 Å². The average molecular weight is 360 g/mol. The largest absolute Gasteiger partial charge is 0.345 e. The molecule has 2 heterocycles. The zero-order valence-corrected chi connectivity index (χ0v) is 13.8. The summed E-state index contributed by atoms with van der Waals surface area (Å²) in [4.78, 5) is 42.0. The minimum atomic E-state index is -0.777. The molecule has 7 nitrogen and oxygen atoms in total. The van der Waals surface area contributed by atoms with Crippen LogP contribution in [0.1, 0.15) is 28.9 Å². The van der Waals surface area contributed by atoms with Gasteiger partial charge in [-0.25, -0.2) is 18.6 Å². The van der Waals surface area contributed by atoms with Crippen LogP contribution in [0.4, 0.5) is 8.78 Å². The predicted octanol–water partition coefficient (Wildman–Crippen LogP) is 1.39. The molecular weight excluding hydrogens is 346 g/mol. The fraction of sp³-hybridized carbons (Fsp3) is 0.176. The third kappa shape index (κ3) is 3.10. The Bertz CT molecular complexity index is 1140. The molecule has 0 fully saturated rings. The molecule has 1 atom stereocenters. The van der Waals surface area contributed by atoms with Gasteiger partial charge in [0.25, 0.3) is 11.5 Å². The van der Waals surface area contributed by atoms with Gasteiger partial charge in [0, 0.05) is 24.9 Å². The first-order chi connectivity index (χ1) is 12.3. The predicted molar refractivity (Wildman–Crippen MR) is 89.8 cm³/mol. The number of hydrogen-bond donors (Lipinski definition) is 2. The highest BCUT2D eigenvalue weighted by Crippen LogP contribution is 2.18. The topological polar surface area (TPSA) is 96.8 Å². The maximum atomic E-state index is 13.8. The third-order valence-electron chi connectivity index (χ3n) is 3.99. The van der Waals surface area contributed by atoms with Crippen LogP contribution in [-0.2, 0) is 7.05 Å². The van der Waals surface area contributed by atoms with Crippen LogP contribution in [-0.4, -0.2) is 20.4 Å². The Labute approximate surface area is 145 Å². The lowest BCUT2D eigenvalue weighted by Crippen LogP contribution is -2.30. The van der Waals surface area contributed by atoms with Crippen molar-refractivity contribution < 1.29 is 13.6 Å².